The van der Waals surface area contributed by atoms with E-state index in [-0.39, 0.29) is 5.41 Å². The van der Waals surface area contributed by atoms with E-state index in [1.54, 1.807) is 0 Å². The van der Waals surface area contributed by atoms with Crippen molar-refractivity contribution in [2.24, 2.45) is 0 Å². The summed E-state index contributed by atoms with van der Waals surface area (Å²) in [6.07, 6.45) is 7.12. The summed E-state index contributed by atoms with van der Waals surface area (Å²) in [7, 11) is 0. The molecule has 124 valence electrons. The lowest BCUT2D eigenvalue weighted by Crippen LogP contribution is -2.22. The van der Waals surface area contributed by atoms with Crippen LogP contribution in [0.15, 0.2) is 66.7 Å². The Kier molecular flexibility index (Phi) is 3.80. The fourth-order valence-corrected chi connectivity index (χ4v) is 4.13. The number of allylic oxidation sites excluding steroid dienone is 1. The number of hydrogen-bond acceptors (Lipinski definition) is 1. The molecule has 0 amide bonds. The van der Waals surface area contributed by atoms with Crippen LogP contribution in [0, 0.1) is 5.41 Å². The van der Waals surface area contributed by atoms with E-state index in [1.807, 2.05) is 0 Å². The fourth-order valence-electron chi connectivity index (χ4n) is 4.13. The second-order valence-corrected chi connectivity index (χ2v) is 7.61. The molecular weight excluding hydrogens is 302 g/mol. The van der Waals surface area contributed by atoms with Gasteiger partial charge in [0.25, 0.3) is 0 Å². The van der Waals surface area contributed by atoms with Crippen molar-refractivity contribution in [1.82, 2.24) is 0 Å². The smallest absolute Gasteiger partial charge is 0.0253 e. The van der Waals surface area contributed by atoms with Crippen molar-refractivity contribution in [3.63, 3.8) is 0 Å². The Balaban J connectivity index is 1.74. The molecule has 0 fully saturated rings. The molecule has 1 atom stereocenters. The van der Waals surface area contributed by atoms with E-state index in [2.05, 4.69) is 86.7 Å². The summed E-state index contributed by atoms with van der Waals surface area (Å²) in [5, 5.41) is 10.4. The van der Waals surface area contributed by atoms with Crippen molar-refractivity contribution in [3.8, 4) is 0 Å². The highest BCUT2D eigenvalue weighted by atomic mass is 14.4. The molecule has 25 heavy (non-hydrogen) atoms. The highest BCUT2D eigenvalue weighted by Gasteiger charge is 2.29. The van der Waals surface area contributed by atoms with Gasteiger partial charge in [-0.25, -0.2) is 0 Å². The molecule has 1 unspecified atom stereocenters. The molecule has 0 saturated carbocycles. The lowest BCUT2D eigenvalue weighted by Gasteiger charge is -2.30. The lowest BCUT2D eigenvalue weighted by molar-refractivity contribution is 0.458. The van der Waals surface area contributed by atoms with E-state index in [4.69, 9.17) is 5.41 Å². The Hall–Kier alpha value is -2.67. The summed E-state index contributed by atoms with van der Waals surface area (Å²) < 4.78 is 0. The largest absolute Gasteiger partial charge is 0.308 e. The van der Waals surface area contributed by atoms with Gasteiger partial charge < -0.3 is 5.41 Å². The van der Waals surface area contributed by atoms with E-state index in [0.29, 0.717) is 5.92 Å². The molecule has 0 aliphatic heterocycles. The Morgan fingerprint density at radius 1 is 0.960 bits per heavy atom. The molecule has 0 heterocycles. The second-order valence-electron chi connectivity index (χ2n) is 7.61. The first-order chi connectivity index (χ1) is 12.1. The Labute approximate surface area is 149 Å². The molecule has 1 aliphatic carbocycles. The van der Waals surface area contributed by atoms with Gasteiger partial charge in [0, 0.05) is 12.1 Å². The highest BCUT2D eigenvalue weighted by Crippen LogP contribution is 2.41. The number of rotatable bonds is 4. The van der Waals surface area contributed by atoms with Crippen LogP contribution in [0.4, 0.5) is 0 Å². The molecule has 0 saturated heterocycles. The maximum Gasteiger partial charge on any atom is 0.0253 e. The molecule has 0 spiro atoms. The minimum Gasteiger partial charge on any atom is -0.308 e. The monoisotopic (exact) mass is 325 g/mol. The highest BCUT2D eigenvalue weighted by molar-refractivity contribution is 5.92. The van der Waals surface area contributed by atoms with Crippen molar-refractivity contribution in [2.75, 3.05) is 0 Å². The van der Waals surface area contributed by atoms with Gasteiger partial charge in [-0.15, -0.1) is 0 Å². The number of benzene rings is 3. The van der Waals surface area contributed by atoms with Crippen LogP contribution in [0.2, 0.25) is 0 Å². The predicted octanol–water partition coefficient (Wildman–Crippen LogP) is 6.32. The van der Waals surface area contributed by atoms with E-state index in [1.165, 1.54) is 33.7 Å². The summed E-state index contributed by atoms with van der Waals surface area (Å²) in [4.78, 5) is 0. The van der Waals surface area contributed by atoms with Gasteiger partial charge >= 0.3 is 0 Å². The molecule has 1 aliphatic rings. The normalized spacial score (nSPS) is 16.2. The van der Waals surface area contributed by atoms with Gasteiger partial charge in [-0.05, 0) is 57.0 Å². The Bertz CT molecular complexity index is 978. The fraction of sp³-hybridized carbons (Fsp3) is 0.208. The molecule has 3 aromatic carbocycles. The summed E-state index contributed by atoms with van der Waals surface area (Å²) >= 11 is 0. The minimum atomic E-state index is -0.0105. The first-order valence-corrected chi connectivity index (χ1v) is 8.89. The van der Waals surface area contributed by atoms with Gasteiger partial charge in [-0.3, -0.25) is 0 Å². The molecule has 0 aromatic heterocycles. The van der Waals surface area contributed by atoms with Crippen LogP contribution in [0.1, 0.15) is 48.4 Å². The Morgan fingerprint density at radius 3 is 2.40 bits per heavy atom. The average Bonchev–Trinajstić information content (AvgIpc) is 3.03. The summed E-state index contributed by atoms with van der Waals surface area (Å²) in [5.74, 6) is 0.441. The minimum absolute atomic E-state index is 0.0105. The summed E-state index contributed by atoms with van der Waals surface area (Å²) in [5.41, 5.74) is 5.04. The third kappa shape index (κ3) is 2.80. The summed E-state index contributed by atoms with van der Waals surface area (Å²) in [6.45, 7) is 4.61. The molecule has 4 rings (SSSR count). The van der Waals surface area contributed by atoms with E-state index in [9.17, 15) is 0 Å². The standard InChI is InChI=1S/C24H23N/c1-24(2,15-20-12-11-17-7-5-6-10-22(17)20)23-14-19-9-4-3-8-18(19)13-21(23)16-25/h3-14,16,20,25H,15H2,1-2H3. The first-order valence-electron chi connectivity index (χ1n) is 8.89. The van der Waals surface area contributed by atoms with E-state index >= 15 is 0 Å². The van der Waals surface area contributed by atoms with Gasteiger partial charge in [0.05, 0.1) is 0 Å². The van der Waals surface area contributed by atoms with Crippen molar-refractivity contribution in [1.29, 1.82) is 5.41 Å². The maximum atomic E-state index is 7.90. The van der Waals surface area contributed by atoms with E-state index in [0.717, 1.165) is 12.0 Å². The number of fused-ring (bicyclic) bond motifs is 2. The van der Waals surface area contributed by atoms with Crippen LogP contribution < -0.4 is 0 Å². The molecule has 1 heteroatoms. The zero-order valence-electron chi connectivity index (χ0n) is 14.8. The molecule has 0 radical (unpaired) electrons. The van der Waals surface area contributed by atoms with Crippen LogP contribution in [0.3, 0.4) is 0 Å². The molecule has 1 N–H and O–H groups in total. The molecule has 3 aromatic rings. The summed E-state index contributed by atoms with van der Waals surface area (Å²) in [6, 6.07) is 21.5. The third-order valence-electron chi connectivity index (χ3n) is 5.44. The quantitative estimate of drug-likeness (QED) is 0.543. The number of nitrogens with one attached hydrogen (secondary N) is 1. The maximum absolute atomic E-state index is 7.90. The van der Waals surface area contributed by atoms with Crippen molar-refractivity contribution in [2.45, 2.75) is 31.6 Å². The van der Waals surface area contributed by atoms with Crippen molar-refractivity contribution in [3.05, 3.63) is 89.0 Å². The lowest BCUT2D eigenvalue weighted by atomic mass is 9.73. The van der Waals surface area contributed by atoms with Gasteiger partial charge in [0.2, 0.25) is 0 Å². The predicted molar refractivity (Wildman–Crippen MR) is 108 cm³/mol. The van der Waals surface area contributed by atoms with Crippen LogP contribution in [-0.4, -0.2) is 6.21 Å². The third-order valence-corrected chi connectivity index (χ3v) is 5.44. The average molecular weight is 325 g/mol. The SMILES string of the molecule is CC(C)(CC1C=Cc2ccccc21)c1cc2ccccc2cc1C=N. The van der Waals surface area contributed by atoms with Crippen LogP contribution >= 0.6 is 0 Å². The zero-order valence-corrected chi connectivity index (χ0v) is 14.8. The van der Waals surface area contributed by atoms with Gasteiger partial charge in [0.1, 0.15) is 0 Å². The Morgan fingerprint density at radius 2 is 1.64 bits per heavy atom. The van der Waals surface area contributed by atoms with Crippen LogP contribution in [-0.2, 0) is 5.41 Å². The topological polar surface area (TPSA) is 23.9 Å². The van der Waals surface area contributed by atoms with Crippen molar-refractivity contribution < 1.29 is 0 Å². The van der Waals surface area contributed by atoms with Crippen LogP contribution in [0.25, 0.3) is 16.8 Å². The number of hydrogen-bond donors (Lipinski definition) is 1. The first kappa shape index (κ1) is 15.8. The van der Waals surface area contributed by atoms with Gasteiger partial charge in [-0.1, -0.05) is 74.5 Å². The molecular formula is C24H23N. The molecule has 1 nitrogen and oxygen atoms in total. The van der Waals surface area contributed by atoms with Crippen molar-refractivity contribution >= 4 is 23.1 Å². The second kappa shape index (κ2) is 6.00. The van der Waals surface area contributed by atoms with Gasteiger partial charge in [-0.2, -0.15) is 0 Å². The molecule has 0 bridgehead atoms. The van der Waals surface area contributed by atoms with Gasteiger partial charge in [0.15, 0.2) is 0 Å². The van der Waals surface area contributed by atoms with E-state index < -0.39 is 0 Å². The van der Waals surface area contributed by atoms with Crippen LogP contribution in [0.5, 0.6) is 0 Å². The zero-order chi connectivity index (χ0) is 17.4.